The zero-order valence-electron chi connectivity index (χ0n) is 14.9. The van der Waals surface area contributed by atoms with E-state index in [9.17, 15) is 4.79 Å². The van der Waals surface area contributed by atoms with E-state index >= 15 is 0 Å². The van der Waals surface area contributed by atoms with E-state index in [1.165, 1.54) is 14.2 Å². The van der Waals surface area contributed by atoms with Crippen molar-refractivity contribution in [2.24, 2.45) is 0 Å². The van der Waals surface area contributed by atoms with Gasteiger partial charge in [-0.25, -0.2) is 0 Å². The zero-order valence-corrected chi connectivity index (χ0v) is 16.5. The second kappa shape index (κ2) is 10.2. The Balaban J connectivity index is 2.66. The van der Waals surface area contributed by atoms with Crippen molar-refractivity contribution in [3.63, 3.8) is 0 Å². The van der Waals surface area contributed by atoms with E-state index in [1.54, 1.807) is 13.2 Å². The molecule has 0 radical (unpaired) electrons. The van der Waals surface area contributed by atoms with Gasteiger partial charge in [0, 0.05) is 25.8 Å². The van der Waals surface area contributed by atoms with Crippen molar-refractivity contribution < 1.29 is 28.5 Å². The average Bonchev–Trinajstić information content (AvgIpc) is 2.67. The van der Waals surface area contributed by atoms with Gasteiger partial charge in [0.05, 0.1) is 18.0 Å². The van der Waals surface area contributed by atoms with Crippen LogP contribution in [0.3, 0.4) is 0 Å². The fourth-order valence-electron chi connectivity index (χ4n) is 2.43. The molecule has 0 aromatic heterocycles. The van der Waals surface area contributed by atoms with Gasteiger partial charge in [0.15, 0.2) is 13.6 Å². The van der Waals surface area contributed by atoms with Gasteiger partial charge in [0.1, 0.15) is 11.5 Å². The average molecular weight is 425 g/mol. The third-order valence-corrected chi connectivity index (χ3v) is 4.44. The maximum atomic E-state index is 12.0. The second-order valence-corrected chi connectivity index (χ2v) is 6.05. The third kappa shape index (κ3) is 4.97. The second-order valence-electron chi connectivity index (χ2n) is 5.26. The first-order valence-corrected chi connectivity index (χ1v) is 8.62. The summed E-state index contributed by atoms with van der Waals surface area (Å²) in [5.74, 6) is 0.659. The van der Waals surface area contributed by atoms with Gasteiger partial charge in [0.25, 0.3) is 0 Å². The molecule has 0 heterocycles. The van der Waals surface area contributed by atoms with E-state index in [4.69, 9.17) is 23.7 Å². The van der Waals surface area contributed by atoms with Crippen LogP contribution in [0.25, 0.3) is 11.1 Å². The van der Waals surface area contributed by atoms with Crippen LogP contribution in [0.2, 0.25) is 0 Å². The predicted molar refractivity (Wildman–Crippen MR) is 100 cm³/mol. The number of carbonyl (C=O) groups excluding carboxylic acids is 1. The molecular weight excluding hydrogens is 404 g/mol. The minimum Gasteiger partial charge on any atom is -0.469 e. The number of rotatable bonds is 9. The summed E-state index contributed by atoms with van der Waals surface area (Å²) in [5.41, 5.74) is 2.36. The van der Waals surface area contributed by atoms with E-state index in [0.29, 0.717) is 21.5 Å². The Morgan fingerprint density at radius 2 is 1.58 bits per heavy atom. The Hall–Kier alpha value is -2.09. The van der Waals surface area contributed by atoms with Gasteiger partial charge in [-0.15, -0.1) is 0 Å². The molecule has 6 nitrogen and oxygen atoms in total. The lowest BCUT2D eigenvalue weighted by Gasteiger charge is -2.20. The molecular formula is C19H21BrO6. The highest BCUT2D eigenvalue weighted by atomic mass is 79.9. The molecule has 0 bridgehead atoms. The monoisotopic (exact) mass is 424 g/mol. The fourth-order valence-corrected chi connectivity index (χ4v) is 3.00. The quantitative estimate of drug-likeness (QED) is 0.450. The first kappa shape index (κ1) is 20.2. The topological polar surface area (TPSA) is 63.2 Å². The SMILES string of the molecule is COCOc1cc(OCOC)c(-c2ccccc2)c(CC(=O)OC)c1Br. The smallest absolute Gasteiger partial charge is 0.310 e. The Morgan fingerprint density at radius 3 is 2.15 bits per heavy atom. The standard InChI is InChI=1S/C19H21BrO6/c1-22-11-25-15-10-16(26-12-23-2)19(20)14(9-17(21)24-3)18(15)13-7-5-4-6-8-13/h4-8,10H,9,11-12H2,1-3H3. The van der Waals surface area contributed by atoms with Gasteiger partial charge in [-0.1, -0.05) is 30.3 Å². The van der Waals surface area contributed by atoms with Gasteiger partial charge in [-0.3, -0.25) is 4.79 Å². The van der Waals surface area contributed by atoms with E-state index < -0.39 is 0 Å². The molecule has 7 heteroatoms. The minimum atomic E-state index is -0.371. The molecule has 0 saturated carbocycles. The van der Waals surface area contributed by atoms with Crippen molar-refractivity contribution in [1.82, 2.24) is 0 Å². The normalized spacial score (nSPS) is 10.5. The van der Waals surface area contributed by atoms with Crippen molar-refractivity contribution in [3.05, 3.63) is 46.4 Å². The summed E-state index contributed by atoms with van der Waals surface area (Å²) < 4.78 is 26.9. The number of ether oxygens (including phenoxy) is 5. The Labute approximate surface area is 161 Å². The highest BCUT2D eigenvalue weighted by Crippen LogP contribution is 2.43. The van der Waals surface area contributed by atoms with Crippen LogP contribution < -0.4 is 9.47 Å². The van der Waals surface area contributed by atoms with Gasteiger partial charge in [-0.2, -0.15) is 0 Å². The summed E-state index contributed by atoms with van der Waals surface area (Å²) >= 11 is 3.54. The molecule has 140 valence electrons. The molecule has 26 heavy (non-hydrogen) atoms. The van der Waals surface area contributed by atoms with Crippen LogP contribution in [0, 0.1) is 0 Å². The maximum absolute atomic E-state index is 12.0. The molecule has 0 N–H and O–H groups in total. The lowest BCUT2D eigenvalue weighted by Crippen LogP contribution is -2.10. The molecule has 0 unspecified atom stereocenters. The molecule has 0 aliphatic rings. The molecule has 0 saturated heterocycles. The molecule has 2 aromatic carbocycles. The van der Waals surface area contributed by atoms with E-state index in [2.05, 4.69) is 15.9 Å². The number of esters is 1. The van der Waals surface area contributed by atoms with Crippen LogP contribution >= 0.6 is 15.9 Å². The number of carbonyl (C=O) groups is 1. The summed E-state index contributed by atoms with van der Waals surface area (Å²) in [6.07, 6.45) is 0.0504. The Morgan fingerprint density at radius 1 is 0.962 bits per heavy atom. The van der Waals surface area contributed by atoms with Crippen molar-refractivity contribution in [3.8, 4) is 22.6 Å². The number of hydrogen-bond acceptors (Lipinski definition) is 6. The largest absolute Gasteiger partial charge is 0.469 e. The Kier molecular flexibility index (Phi) is 7.90. The van der Waals surface area contributed by atoms with Crippen LogP contribution in [0.4, 0.5) is 0 Å². The molecule has 0 atom stereocenters. The molecule has 0 aliphatic heterocycles. The molecule has 0 amide bonds. The van der Waals surface area contributed by atoms with Crippen LogP contribution in [0.15, 0.2) is 40.9 Å². The van der Waals surface area contributed by atoms with Crippen LogP contribution in [-0.2, 0) is 25.4 Å². The van der Waals surface area contributed by atoms with E-state index in [1.807, 2.05) is 30.3 Å². The predicted octanol–water partition coefficient (Wildman–Crippen LogP) is 3.80. The van der Waals surface area contributed by atoms with Gasteiger partial charge >= 0.3 is 5.97 Å². The highest BCUT2D eigenvalue weighted by Gasteiger charge is 2.22. The first-order chi connectivity index (χ1) is 12.6. The molecule has 2 rings (SSSR count). The van der Waals surface area contributed by atoms with Crippen LogP contribution in [-0.4, -0.2) is 40.9 Å². The van der Waals surface area contributed by atoms with Crippen molar-refractivity contribution in [2.75, 3.05) is 34.9 Å². The lowest BCUT2D eigenvalue weighted by atomic mass is 9.96. The van der Waals surface area contributed by atoms with Gasteiger partial charge in [-0.05, 0) is 27.1 Å². The lowest BCUT2D eigenvalue weighted by molar-refractivity contribution is -0.139. The number of hydrogen-bond donors (Lipinski definition) is 0. The summed E-state index contributed by atoms with van der Waals surface area (Å²) in [7, 11) is 4.43. The number of methoxy groups -OCH3 is 3. The van der Waals surface area contributed by atoms with Crippen LogP contribution in [0.5, 0.6) is 11.5 Å². The number of halogens is 1. The molecule has 2 aromatic rings. The summed E-state index contributed by atoms with van der Waals surface area (Å²) in [6.45, 7) is 0.119. The highest BCUT2D eigenvalue weighted by molar-refractivity contribution is 9.10. The number of benzene rings is 2. The van der Waals surface area contributed by atoms with Crippen molar-refractivity contribution in [1.29, 1.82) is 0 Å². The summed E-state index contributed by atoms with van der Waals surface area (Å²) in [6, 6.07) is 11.4. The minimum absolute atomic E-state index is 0.0504. The Bertz CT molecular complexity index is 733. The zero-order chi connectivity index (χ0) is 18.9. The van der Waals surface area contributed by atoms with Crippen molar-refractivity contribution >= 4 is 21.9 Å². The summed E-state index contributed by atoms with van der Waals surface area (Å²) in [5, 5.41) is 0. The van der Waals surface area contributed by atoms with Gasteiger partial charge in [0.2, 0.25) is 0 Å². The summed E-state index contributed by atoms with van der Waals surface area (Å²) in [4.78, 5) is 12.0. The molecule has 0 spiro atoms. The van der Waals surface area contributed by atoms with Crippen LogP contribution in [0.1, 0.15) is 5.56 Å². The molecule has 0 fully saturated rings. The molecule has 0 aliphatic carbocycles. The van der Waals surface area contributed by atoms with E-state index in [-0.39, 0.29) is 26.0 Å². The third-order valence-electron chi connectivity index (χ3n) is 3.57. The van der Waals surface area contributed by atoms with Crippen molar-refractivity contribution in [2.45, 2.75) is 6.42 Å². The first-order valence-electron chi connectivity index (χ1n) is 7.83. The fraction of sp³-hybridized carbons (Fsp3) is 0.316. The van der Waals surface area contributed by atoms with E-state index in [0.717, 1.165) is 11.1 Å². The van der Waals surface area contributed by atoms with Gasteiger partial charge < -0.3 is 23.7 Å². The maximum Gasteiger partial charge on any atom is 0.310 e.